The first kappa shape index (κ1) is 19.7. The minimum Gasteiger partial charge on any atom is -0.493 e. The molecule has 0 aliphatic heterocycles. The molecule has 0 bridgehead atoms. The zero-order chi connectivity index (χ0) is 20.1. The molecule has 3 aromatic rings. The van der Waals surface area contributed by atoms with Crippen LogP contribution in [0.25, 0.3) is 10.4 Å². The van der Waals surface area contributed by atoms with E-state index in [9.17, 15) is 9.59 Å². The highest BCUT2D eigenvalue weighted by Gasteiger charge is 2.18. The maximum atomic E-state index is 11.7. The van der Waals surface area contributed by atoms with Crippen molar-refractivity contribution in [3.63, 3.8) is 0 Å². The van der Waals surface area contributed by atoms with Gasteiger partial charge in [0.2, 0.25) is 0 Å². The number of carbonyl (C=O) groups is 2. The Balaban J connectivity index is 1.80. The molecule has 0 fully saturated rings. The third kappa shape index (κ3) is 4.82. The summed E-state index contributed by atoms with van der Waals surface area (Å²) in [6.45, 7) is 0.471. The SMILES string of the molecule is NC(=O)Nc1sc(-c2ccccc2OCCc2ccc(Cl)cc2)cc1C(N)=O. The van der Waals surface area contributed by atoms with E-state index in [0.717, 1.165) is 22.4 Å². The Morgan fingerprint density at radius 1 is 1.07 bits per heavy atom. The number of ether oxygens (including phenoxy) is 1. The van der Waals surface area contributed by atoms with Gasteiger partial charge in [-0.05, 0) is 35.9 Å². The average molecular weight is 416 g/mol. The van der Waals surface area contributed by atoms with Gasteiger partial charge < -0.3 is 16.2 Å². The predicted octanol–water partition coefficient (Wildman–Crippen LogP) is 4.28. The van der Waals surface area contributed by atoms with Gasteiger partial charge in [0.05, 0.1) is 12.2 Å². The highest BCUT2D eigenvalue weighted by molar-refractivity contribution is 7.20. The summed E-state index contributed by atoms with van der Waals surface area (Å²) in [7, 11) is 0. The minimum atomic E-state index is -0.761. The fourth-order valence-corrected chi connectivity index (χ4v) is 3.86. The molecule has 0 saturated carbocycles. The van der Waals surface area contributed by atoms with Gasteiger partial charge in [-0.2, -0.15) is 0 Å². The molecule has 0 radical (unpaired) electrons. The van der Waals surface area contributed by atoms with Gasteiger partial charge in [0.1, 0.15) is 10.8 Å². The lowest BCUT2D eigenvalue weighted by atomic mass is 10.1. The van der Waals surface area contributed by atoms with Crippen LogP contribution in [0.1, 0.15) is 15.9 Å². The largest absolute Gasteiger partial charge is 0.493 e. The number of rotatable bonds is 7. The molecule has 6 nitrogen and oxygen atoms in total. The molecule has 0 spiro atoms. The van der Waals surface area contributed by atoms with Crippen molar-refractivity contribution in [1.29, 1.82) is 0 Å². The van der Waals surface area contributed by atoms with Gasteiger partial charge >= 0.3 is 6.03 Å². The molecule has 0 aliphatic rings. The summed E-state index contributed by atoms with van der Waals surface area (Å²) in [4.78, 5) is 23.6. The Labute approximate surface area is 171 Å². The minimum absolute atomic E-state index is 0.203. The van der Waals surface area contributed by atoms with Crippen molar-refractivity contribution in [2.75, 3.05) is 11.9 Å². The van der Waals surface area contributed by atoms with E-state index in [2.05, 4.69) is 5.32 Å². The average Bonchev–Trinajstić information content (AvgIpc) is 3.07. The van der Waals surface area contributed by atoms with E-state index in [1.54, 1.807) is 6.07 Å². The zero-order valence-corrected chi connectivity index (χ0v) is 16.3. The van der Waals surface area contributed by atoms with Crippen molar-refractivity contribution in [1.82, 2.24) is 0 Å². The van der Waals surface area contributed by atoms with Crippen molar-refractivity contribution in [3.05, 3.63) is 70.7 Å². The summed E-state index contributed by atoms with van der Waals surface area (Å²) in [6, 6.07) is 15.9. The second-order valence-electron chi connectivity index (χ2n) is 5.93. The summed E-state index contributed by atoms with van der Waals surface area (Å²) >= 11 is 7.11. The molecule has 0 atom stereocenters. The molecular weight excluding hydrogens is 398 g/mol. The molecule has 0 aliphatic carbocycles. The van der Waals surface area contributed by atoms with Crippen LogP contribution >= 0.6 is 22.9 Å². The van der Waals surface area contributed by atoms with Crippen molar-refractivity contribution >= 4 is 39.9 Å². The quantitative estimate of drug-likeness (QED) is 0.535. The van der Waals surface area contributed by atoms with Crippen molar-refractivity contribution in [3.8, 4) is 16.2 Å². The van der Waals surface area contributed by atoms with Gasteiger partial charge in [-0.3, -0.25) is 10.1 Å². The molecule has 5 N–H and O–H groups in total. The summed E-state index contributed by atoms with van der Waals surface area (Å²) < 4.78 is 5.96. The van der Waals surface area contributed by atoms with Crippen LogP contribution in [0.5, 0.6) is 5.75 Å². The van der Waals surface area contributed by atoms with E-state index in [4.69, 9.17) is 27.8 Å². The van der Waals surface area contributed by atoms with Gasteiger partial charge in [0.15, 0.2) is 0 Å². The van der Waals surface area contributed by atoms with Gasteiger partial charge in [-0.15, -0.1) is 11.3 Å². The molecule has 8 heteroatoms. The molecule has 1 heterocycles. The second kappa shape index (κ2) is 8.77. The van der Waals surface area contributed by atoms with E-state index in [1.165, 1.54) is 11.3 Å². The van der Waals surface area contributed by atoms with Crippen LogP contribution in [0.2, 0.25) is 5.02 Å². The summed E-state index contributed by atoms with van der Waals surface area (Å²) in [5, 5.41) is 3.44. The second-order valence-corrected chi connectivity index (χ2v) is 7.42. The number of amides is 3. The van der Waals surface area contributed by atoms with E-state index in [1.807, 2.05) is 48.5 Å². The summed E-state index contributed by atoms with van der Waals surface area (Å²) in [5.74, 6) is 0.0201. The van der Waals surface area contributed by atoms with Crippen molar-refractivity contribution in [2.24, 2.45) is 11.5 Å². The van der Waals surface area contributed by atoms with E-state index < -0.39 is 11.9 Å². The highest BCUT2D eigenvalue weighted by Crippen LogP contribution is 2.39. The van der Waals surface area contributed by atoms with Crippen LogP contribution in [-0.4, -0.2) is 18.5 Å². The van der Waals surface area contributed by atoms with E-state index >= 15 is 0 Å². The topological polar surface area (TPSA) is 107 Å². The maximum absolute atomic E-state index is 11.7. The monoisotopic (exact) mass is 415 g/mol. The Morgan fingerprint density at radius 2 is 1.79 bits per heavy atom. The number of hydrogen-bond acceptors (Lipinski definition) is 4. The first-order valence-electron chi connectivity index (χ1n) is 8.41. The normalized spacial score (nSPS) is 10.5. The number of thiophene rings is 1. The molecule has 2 aromatic carbocycles. The van der Waals surface area contributed by atoms with Crippen molar-refractivity contribution in [2.45, 2.75) is 6.42 Å². The maximum Gasteiger partial charge on any atom is 0.317 e. The third-order valence-corrected chi connectivity index (χ3v) is 5.28. The summed E-state index contributed by atoms with van der Waals surface area (Å²) in [6.07, 6.45) is 0.719. The van der Waals surface area contributed by atoms with Gasteiger partial charge in [0, 0.05) is 21.9 Å². The lowest BCUT2D eigenvalue weighted by Crippen LogP contribution is -2.21. The van der Waals surface area contributed by atoms with Gasteiger partial charge in [-0.25, -0.2) is 4.79 Å². The number of hydrogen-bond donors (Lipinski definition) is 3. The number of nitrogens with one attached hydrogen (secondary N) is 1. The molecule has 144 valence electrons. The number of benzene rings is 2. The first-order valence-corrected chi connectivity index (χ1v) is 9.60. The van der Waals surface area contributed by atoms with E-state index in [-0.39, 0.29) is 5.56 Å². The fraction of sp³-hybridized carbons (Fsp3) is 0.100. The Kier molecular flexibility index (Phi) is 6.18. The van der Waals surface area contributed by atoms with Crippen LogP contribution in [0.4, 0.5) is 9.80 Å². The van der Waals surface area contributed by atoms with Gasteiger partial charge in [-0.1, -0.05) is 35.9 Å². The summed E-state index contributed by atoms with van der Waals surface area (Å²) in [5.41, 5.74) is 12.7. The van der Waals surface area contributed by atoms with E-state index in [0.29, 0.717) is 22.4 Å². The van der Waals surface area contributed by atoms with Crippen molar-refractivity contribution < 1.29 is 14.3 Å². The zero-order valence-electron chi connectivity index (χ0n) is 14.8. The number of halogens is 1. The standard InChI is InChI=1S/C20H18ClN3O3S/c21-13-7-5-12(6-8-13)9-10-27-16-4-2-1-3-14(16)17-11-15(18(22)25)19(28-17)24-20(23)26/h1-8,11H,9-10H2,(H2,22,25)(H3,23,24,26). The molecule has 1 aromatic heterocycles. The first-order chi connectivity index (χ1) is 13.4. The van der Waals surface area contributed by atoms with Crippen LogP contribution in [0.15, 0.2) is 54.6 Å². The Hall–Kier alpha value is -3.03. The Bertz CT molecular complexity index is 1000. The van der Waals surface area contributed by atoms with Gasteiger partial charge in [0.25, 0.3) is 5.91 Å². The molecular formula is C20H18ClN3O3S. The number of anilines is 1. The predicted molar refractivity (Wildman–Crippen MR) is 112 cm³/mol. The van der Waals surface area contributed by atoms with Crippen LogP contribution in [0.3, 0.4) is 0 Å². The highest BCUT2D eigenvalue weighted by atomic mass is 35.5. The lowest BCUT2D eigenvalue weighted by Gasteiger charge is -2.10. The fourth-order valence-electron chi connectivity index (χ4n) is 2.64. The third-order valence-electron chi connectivity index (χ3n) is 3.95. The number of nitrogens with two attached hydrogens (primary N) is 2. The lowest BCUT2D eigenvalue weighted by molar-refractivity contribution is 0.100. The Morgan fingerprint density at radius 3 is 2.46 bits per heavy atom. The number of primary amides is 2. The van der Waals surface area contributed by atoms with Crippen LogP contribution in [0, 0.1) is 0 Å². The molecule has 28 heavy (non-hydrogen) atoms. The number of carbonyl (C=O) groups excluding carboxylic acids is 2. The van der Waals surface area contributed by atoms with Crippen LogP contribution in [-0.2, 0) is 6.42 Å². The number of para-hydroxylation sites is 1. The molecule has 3 rings (SSSR count). The van der Waals surface area contributed by atoms with Crippen LogP contribution < -0.4 is 21.5 Å². The number of urea groups is 1. The molecule has 3 amide bonds. The molecule has 0 unspecified atom stereocenters. The smallest absolute Gasteiger partial charge is 0.317 e. The molecule has 0 saturated heterocycles.